The molecular weight excluding hydrogens is 203 g/mol. The van der Waals surface area contributed by atoms with Gasteiger partial charge >= 0.3 is 0 Å². The van der Waals surface area contributed by atoms with Crippen molar-refractivity contribution in [1.82, 2.24) is 0 Å². The summed E-state index contributed by atoms with van der Waals surface area (Å²) in [5, 5.41) is 0.596. The maximum Gasteiger partial charge on any atom is 0.110 e. The van der Waals surface area contributed by atoms with Gasteiger partial charge in [0.25, 0.3) is 0 Å². The fourth-order valence-corrected chi connectivity index (χ4v) is 4.41. The molecule has 2 aliphatic carbocycles. The van der Waals surface area contributed by atoms with E-state index in [1.807, 2.05) is 0 Å². The van der Waals surface area contributed by atoms with E-state index in [4.69, 9.17) is 0 Å². The molecule has 0 nitrogen and oxygen atoms in total. The molecule has 3 unspecified atom stereocenters. The molecule has 0 aromatic heterocycles. The smallest absolute Gasteiger partial charge is 0.0649 e. The van der Waals surface area contributed by atoms with Crippen molar-refractivity contribution in [1.29, 1.82) is 0 Å². The minimum absolute atomic E-state index is 0.527. The zero-order chi connectivity index (χ0) is 12.5. The van der Waals surface area contributed by atoms with Crippen molar-refractivity contribution in [3.05, 3.63) is 0 Å². The second-order valence-corrected chi connectivity index (χ2v) is 7.70. The lowest BCUT2D eigenvalue weighted by Gasteiger charge is -2.46. The van der Waals surface area contributed by atoms with Gasteiger partial charge in [0.05, 0.1) is 0 Å². The van der Waals surface area contributed by atoms with Crippen molar-refractivity contribution in [2.45, 2.75) is 83.9 Å². The zero-order valence-electron chi connectivity index (χ0n) is 12.5. The average Bonchev–Trinajstić information content (AvgIpc) is 2.48. The first-order chi connectivity index (χ1) is 7.98. The number of rotatable bonds is 2. The van der Waals surface area contributed by atoms with Crippen molar-refractivity contribution in [3.8, 4) is 0 Å². The first kappa shape index (κ1) is 13.5. The lowest BCUT2D eigenvalue weighted by atomic mass is 9.48. The van der Waals surface area contributed by atoms with Crippen LogP contribution < -0.4 is 0 Å². The van der Waals surface area contributed by atoms with Crippen LogP contribution in [0.1, 0.15) is 78.6 Å². The van der Waals surface area contributed by atoms with E-state index in [9.17, 15) is 0 Å². The highest BCUT2D eigenvalue weighted by Crippen LogP contribution is 2.58. The molecule has 3 atom stereocenters. The fraction of sp³-hybridized carbons (Fsp3) is 1.00. The van der Waals surface area contributed by atoms with Crippen molar-refractivity contribution in [2.75, 3.05) is 0 Å². The van der Waals surface area contributed by atoms with Crippen LogP contribution in [0.2, 0.25) is 5.31 Å². The van der Waals surface area contributed by atoms with Gasteiger partial charge in [0.15, 0.2) is 0 Å². The van der Waals surface area contributed by atoms with Crippen molar-refractivity contribution in [3.63, 3.8) is 0 Å². The second-order valence-electron chi connectivity index (χ2n) is 7.70. The van der Waals surface area contributed by atoms with Crippen LogP contribution in [-0.2, 0) is 0 Å². The van der Waals surface area contributed by atoms with Crippen LogP contribution in [0.15, 0.2) is 0 Å². The van der Waals surface area contributed by atoms with E-state index >= 15 is 0 Å². The van der Waals surface area contributed by atoms with E-state index in [-0.39, 0.29) is 0 Å². The summed E-state index contributed by atoms with van der Waals surface area (Å²) in [5.41, 5.74) is 0.527. The minimum Gasteiger partial charge on any atom is -0.0649 e. The molecule has 2 rings (SSSR count). The monoisotopic (exact) mass is 234 g/mol. The lowest BCUT2D eigenvalue weighted by molar-refractivity contribution is 0.151. The second kappa shape index (κ2) is 4.98. The largest absolute Gasteiger partial charge is 0.110 e. The molecule has 0 aromatic rings. The van der Waals surface area contributed by atoms with E-state index in [2.05, 4.69) is 28.6 Å². The van der Waals surface area contributed by atoms with Gasteiger partial charge in [-0.15, -0.1) is 0 Å². The van der Waals surface area contributed by atoms with Gasteiger partial charge in [-0.05, 0) is 17.3 Å². The molecule has 0 spiro atoms. The van der Waals surface area contributed by atoms with E-state index < -0.39 is 0 Å². The van der Waals surface area contributed by atoms with Crippen LogP contribution in [0.25, 0.3) is 0 Å². The molecular formula is C16H31B. The van der Waals surface area contributed by atoms with Gasteiger partial charge in [0.2, 0.25) is 0 Å². The van der Waals surface area contributed by atoms with Crippen LogP contribution in [-0.4, -0.2) is 7.85 Å². The standard InChI is InChI=1S/C16H31B/c1-4-15(2,3)16(17)11-7-10-13-8-5-6-9-14(13)12-16/h13-14H,4-12,17H2,1-3H3. The summed E-state index contributed by atoms with van der Waals surface area (Å²) in [6.45, 7) is 7.40. The first-order valence-electron chi connectivity index (χ1n) is 7.98. The highest BCUT2D eigenvalue weighted by molar-refractivity contribution is 6.15. The van der Waals surface area contributed by atoms with E-state index in [0.717, 1.165) is 11.8 Å². The molecule has 17 heavy (non-hydrogen) atoms. The Balaban J connectivity index is 2.14. The van der Waals surface area contributed by atoms with Crippen molar-refractivity contribution >= 4 is 7.85 Å². The third-order valence-electron chi connectivity index (χ3n) is 6.60. The van der Waals surface area contributed by atoms with Crippen LogP contribution in [0, 0.1) is 17.3 Å². The van der Waals surface area contributed by atoms with Gasteiger partial charge < -0.3 is 0 Å². The predicted octanol–water partition coefficient (Wildman–Crippen LogP) is 4.59. The molecule has 0 bridgehead atoms. The Morgan fingerprint density at radius 2 is 1.65 bits per heavy atom. The Hall–Kier alpha value is 0.0649. The first-order valence-corrected chi connectivity index (χ1v) is 7.98. The predicted molar refractivity (Wildman–Crippen MR) is 79.2 cm³/mol. The van der Waals surface area contributed by atoms with E-state index in [0.29, 0.717) is 10.7 Å². The maximum absolute atomic E-state index is 2.59. The Bertz CT molecular complexity index is 258. The van der Waals surface area contributed by atoms with Crippen LogP contribution in [0.5, 0.6) is 0 Å². The molecule has 2 fully saturated rings. The summed E-state index contributed by atoms with van der Waals surface area (Å²) in [7, 11) is 2.59. The van der Waals surface area contributed by atoms with Gasteiger partial charge in [-0.3, -0.25) is 0 Å². The molecule has 2 saturated carbocycles. The lowest BCUT2D eigenvalue weighted by Crippen LogP contribution is -2.34. The summed E-state index contributed by atoms with van der Waals surface area (Å²) in [6.07, 6.45) is 13.4. The Kier molecular flexibility index (Phi) is 3.95. The summed E-state index contributed by atoms with van der Waals surface area (Å²) >= 11 is 0. The van der Waals surface area contributed by atoms with E-state index in [1.165, 1.54) is 57.8 Å². The third kappa shape index (κ3) is 2.58. The summed E-state index contributed by atoms with van der Waals surface area (Å²) in [6, 6.07) is 0. The fourth-order valence-electron chi connectivity index (χ4n) is 4.41. The summed E-state index contributed by atoms with van der Waals surface area (Å²) < 4.78 is 0. The number of hydrogen-bond acceptors (Lipinski definition) is 0. The SMILES string of the molecule is BC1(C(C)(C)CC)CCCC2CCCCC2C1. The van der Waals surface area contributed by atoms with Gasteiger partial charge in [0.1, 0.15) is 7.85 Å². The molecule has 0 saturated heterocycles. The zero-order valence-corrected chi connectivity index (χ0v) is 12.5. The topological polar surface area (TPSA) is 0 Å². The third-order valence-corrected chi connectivity index (χ3v) is 6.60. The van der Waals surface area contributed by atoms with Gasteiger partial charge in [0, 0.05) is 0 Å². The molecule has 2 aliphatic rings. The molecule has 98 valence electrons. The molecule has 0 N–H and O–H groups in total. The van der Waals surface area contributed by atoms with Gasteiger partial charge in [-0.2, -0.15) is 0 Å². The highest BCUT2D eigenvalue weighted by Gasteiger charge is 2.43. The Labute approximate surface area is 109 Å². The molecule has 1 heteroatoms. The normalized spacial score (nSPS) is 39.5. The molecule has 0 radical (unpaired) electrons. The van der Waals surface area contributed by atoms with E-state index in [1.54, 1.807) is 0 Å². The molecule has 0 heterocycles. The molecule has 0 aliphatic heterocycles. The Morgan fingerprint density at radius 1 is 1.06 bits per heavy atom. The van der Waals surface area contributed by atoms with Gasteiger partial charge in [-0.25, -0.2) is 0 Å². The van der Waals surface area contributed by atoms with Gasteiger partial charge in [-0.1, -0.05) is 83.9 Å². The van der Waals surface area contributed by atoms with Crippen molar-refractivity contribution < 1.29 is 0 Å². The number of hydrogen-bond donors (Lipinski definition) is 0. The van der Waals surface area contributed by atoms with Crippen LogP contribution in [0.4, 0.5) is 0 Å². The van der Waals surface area contributed by atoms with Crippen LogP contribution in [0.3, 0.4) is 0 Å². The quantitative estimate of drug-likeness (QED) is 0.613. The summed E-state index contributed by atoms with van der Waals surface area (Å²) in [5.74, 6) is 2.14. The van der Waals surface area contributed by atoms with Crippen LogP contribution >= 0.6 is 0 Å². The minimum atomic E-state index is 0.527. The summed E-state index contributed by atoms with van der Waals surface area (Å²) in [4.78, 5) is 0. The molecule has 0 aromatic carbocycles. The maximum atomic E-state index is 2.59. The molecule has 0 amide bonds. The van der Waals surface area contributed by atoms with Crippen molar-refractivity contribution in [2.24, 2.45) is 17.3 Å². The average molecular weight is 234 g/mol. The highest BCUT2D eigenvalue weighted by atomic mass is 14.5. The number of fused-ring (bicyclic) bond motifs is 1. The Morgan fingerprint density at radius 3 is 2.29 bits per heavy atom.